The van der Waals surface area contributed by atoms with Gasteiger partial charge in [0, 0.05) is 24.0 Å². The number of hydrogen-bond acceptors (Lipinski definition) is 8. The van der Waals surface area contributed by atoms with Crippen LogP contribution in [0.15, 0.2) is 52.2 Å². The first-order valence-electron chi connectivity index (χ1n) is 12.9. The van der Waals surface area contributed by atoms with E-state index < -0.39 is 52.3 Å². The number of carbonyl (C=O) groups is 3. The summed E-state index contributed by atoms with van der Waals surface area (Å²) in [5, 5.41) is 5.38. The number of aromatic nitrogens is 2. The van der Waals surface area contributed by atoms with E-state index >= 15 is 0 Å². The average molecular weight is 556 g/mol. The fourth-order valence-corrected chi connectivity index (χ4v) is 6.25. The van der Waals surface area contributed by atoms with Crippen LogP contribution in [0.1, 0.15) is 56.2 Å². The van der Waals surface area contributed by atoms with Gasteiger partial charge in [0.05, 0.1) is 12.6 Å². The maximum atomic E-state index is 13.3. The maximum absolute atomic E-state index is 13.3. The molecule has 12 heteroatoms. The number of nitrogens with zero attached hydrogens (tertiary/aromatic N) is 3. The van der Waals surface area contributed by atoms with Gasteiger partial charge in [-0.15, -0.1) is 0 Å². The lowest BCUT2D eigenvalue weighted by Crippen LogP contribution is -2.52. The lowest BCUT2D eigenvalue weighted by atomic mass is 10.0. The van der Waals surface area contributed by atoms with Crippen molar-refractivity contribution in [3.05, 3.63) is 54.0 Å². The lowest BCUT2D eigenvalue weighted by molar-refractivity contribution is -0.129. The SMILES string of the molecule is Cc1c(C(=O)N[C@@H](CC(C)C)C(=O)N[C@H]2CC[C@@H](C)N(S(=O)(=O)c3ccccn3)CC2=O)oc2cccnc12. The van der Waals surface area contributed by atoms with Crippen molar-refractivity contribution in [2.24, 2.45) is 5.92 Å². The molecule has 2 amide bonds. The largest absolute Gasteiger partial charge is 0.449 e. The molecule has 3 aromatic rings. The molecule has 0 spiro atoms. The van der Waals surface area contributed by atoms with E-state index in [-0.39, 0.29) is 23.1 Å². The van der Waals surface area contributed by atoms with Crippen LogP contribution in [0.5, 0.6) is 0 Å². The van der Waals surface area contributed by atoms with E-state index in [2.05, 4.69) is 20.6 Å². The second-order valence-corrected chi connectivity index (χ2v) is 12.1. The van der Waals surface area contributed by atoms with Crippen LogP contribution in [0.4, 0.5) is 0 Å². The van der Waals surface area contributed by atoms with Crippen LogP contribution in [0.3, 0.4) is 0 Å². The zero-order valence-electron chi connectivity index (χ0n) is 22.4. The van der Waals surface area contributed by atoms with Crippen molar-refractivity contribution in [3.8, 4) is 0 Å². The third kappa shape index (κ3) is 6.17. The highest BCUT2D eigenvalue weighted by atomic mass is 32.2. The first kappa shape index (κ1) is 28.4. The van der Waals surface area contributed by atoms with Gasteiger partial charge < -0.3 is 15.1 Å². The summed E-state index contributed by atoms with van der Waals surface area (Å²) >= 11 is 0. The number of carbonyl (C=O) groups excluding carboxylic acids is 3. The number of Topliss-reactive ketones (excluding diaryl/α,β-unsaturated/α-hetero) is 1. The fourth-order valence-electron chi connectivity index (χ4n) is 4.69. The van der Waals surface area contributed by atoms with Crippen LogP contribution in [-0.4, -0.2) is 65.0 Å². The molecule has 0 radical (unpaired) electrons. The number of ketones is 1. The monoisotopic (exact) mass is 555 g/mol. The minimum Gasteiger partial charge on any atom is -0.449 e. The van der Waals surface area contributed by atoms with E-state index in [4.69, 9.17) is 4.42 Å². The third-order valence-corrected chi connectivity index (χ3v) is 8.68. The molecule has 11 nitrogen and oxygen atoms in total. The molecule has 39 heavy (non-hydrogen) atoms. The Morgan fingerprint density at radius 3 is 2.54 bits per heavy atom. The van der Waals surface area contributed by atoms with Crippen LogP contribution >= 0.6 is 0 Å². The summed E-state index contributed by atoms with van der Waals surface area (Å²) in [4.78, 5) is 47.8. The minimum absolute atomic E-state index is 0.0587. The highest BCUT2D eigenvalue weighted by Gasteiger charge is 2.38. The van der Waals surface area contributed by atoms with Crippen LogP contribution in [0, 0.1) is 12.8 Å². The molecule has 0 aliphatic carbocycles. The smallest absolute Gasteiger partial charge is 0.288 e. The Balaban J connectivity index is 1.49. The van der Waals surface area contributed by atoms with Crippen LogP contribution < -0.4 is 10.6 Å². The van der Waals surface area contributed by atoms with Gasteiger partial charge in [0.2, 0.25) is 5.91 Å². The van der Waals surface area contributed by atoms with Crippen LogP contribution in [0.25, 0.3) is 11.1 Å². The topological polar surface area (TPSA) is 152 Å². The number of sulfonamides is 1. The molecule has 0 bridgehead atoms. The normalized spacial score (nSPS) is 19.6. The molecule has 4 rings (SSSR count). The van der Waals surface area contributed by atoms with Gasteiger partial charge in [-0.25, -0.2) is 13.4 Å². The predicted octanol–water partition coefficient (Wildman–Crippen LogP) is 2.60. The molecular weight excluding hydrogens is 522 g/mol. The number of fused-ring (bicyclic) bond motifs is 1. The van der Waals surface area contributed by atoms with Crippen LogP contribution in [0.2, 0.25) is 0 Å². The van der Waals surface area contributed by atoms with Crippen molar-refractivity contribution in [1.29, 1.82) is 0 Å². The average Bonchev–Trinajstić information content (AvgIpc) is 3.17. The van der Waals surface area contributed by atoms with Crippen molar-refractivity contribution in [2.75, 3.05) is 6.54 Å². The quantitative estimate of drug-likeness (QED) is 0.430. The summed E-state index contributed by atoms with van der Waals surface area (Å²) in [5.74, 6) is -1.37. The number of pyridine rings is 2. The summed E-state index contributed by atoms with van der Waals surface area (Å²) in [6, 6.07) is 5.68. The number of nitrogens with one attached hydrogen (secondary N) is 2. The van der Waals surface area contributed by atoms with Gasteiger partial charge in [0.15, 0.2) is 22.2 Å². The number of aryl methyl sites for hydroxylation is 1. The minimum atomic E-state index is -4.00. The summed E-state index contributed by atoms with van der Waals surface area (Å²) in [6.07, 6.45) is 3.93. The molecule has 1 saturated heterocycles. The molecule has 208 valence electrons. The zero-order valence-corrected chi connectivity index (χ0v) is 23.2. The van der Waals surface area contributed by atoms with Gasteiger partial charge in [-0.3, -0.25) is 19.4 Å². The predicted molar refractivity (Wildman–Crippen MR) is 143 cm³/mol. The van der Waals surface area contributed by atoms with E-state index in [0.29, 0.717) is 29.5 Å². The molecule has 3 aromatic heterocycles. The van der Waals surface area contributed by atoms with E-state index in [1.807, 2.05) is 13.8 Å². The molecule has 4 heterocycles. The Hall–Kier alpha value is -3.64. The van der Waals surface area contributed by atoms with Gasteiger partial charge in [-0.1, -0.05) is 19.9 Å². The number of furan rings is 1. The first-order valence-corrected chi connectivity index (χ1v) is 14.3. The van der Waals surface area contributed by atoms with Gasteiger partial charge in [0.1, 0.15) is 11.6 Å². The lowest BCUT2D eigenvalue weighted by Gasteiger charge is -2.25. The molecule has 0 saturated carbocycles. The molecule has 1 aliphatic heterocycles. The molecule has 1 fully saturated rings. The first-order chi connectivity index (χ1) is 18.5. The molecule has 1 aliphatic rings. The van der Waals surface area contributed by atoms with Crippen molar-refractivity contribution in [2.45, 2.75) is 70.1 Å². The summed E-state index contributed by atoms with van der Waals surface area (Å²) in [7, 11) is -4.00. The molecule has 0 unspecified atom stereocenters. The van der Waals surface area contributed by atoms with E-state index in [1.54, 1.807) is 44.3 Å². The Kier molecular flexibility index (Phi) is 8.45. The molecular formula is C27H33N5O6S. The van der Waals surface area contributed by atoms with Gasteiger partial charge in [-0.05, 0) is 63.3 Å². The van der Waals surface area contributed by atoms with Crippen LogP contribution in [-0.2, 0) is 19.6 Å². The molecule has 0 aromatic carbocycles. The van der Waals surface area contributed by atoms with Crippen molar-refractivity contribution in [1.82, 2.24) is 24.9 Å². The van der Waals surface area contributed by atoms with E-state index in [0.717, 1.165) is 4.31 Å². The van der Waals surface area contributed by atoms with Gasteiger partial charge in [-0.2, -0.15) is 4.31 Å². The van der Waals surface area contributed by atoms with E-state index in [1.165, 1.54) is 12.3 Å². The fraction of sp³-hybridized carbons (Fsp3) is 0.444. The van der Waals surface area contributed by atoms with Crippen molar-refractivity contribution >= 4 is 38.7 Å². The number of hydrogen-bond donors (Lipinski definition) is 2. The molecule has 3 atom stereocenters. The maximum Gasteiger partial charge on any atom is 0.288 e. The highest BCUT2D eigenvalue weighted by Crippen LogP contribution is 2.24. The van der Waals surface area contributed by atoms with Crippen molar-refractivity contribution in [3.63, 3.8) is 0 Å². The second kappa shape index (κ2) is 11.6. The summed E-state index contributed by atoms with van der Waals surface area (Å²) in [6.45, 7) is 6.90. The number of rotatable bonds is 8. The standard InChI is InChI=1S/C27H33N5O6S/c1-16(2)14-20(31-27(35)25-18(4)24-22(38-25)8-7-13-29-24)26(34)30-19-11-10-17(3)32(15-21(19)33)39(36,37)23-9-5-6-12-28-23/h5-9,12-13,16-17,19-20H,10-11,14-15H2,1-4H3,(H,30,34)(H,31,35)/t17-,19+,20+/m1/s1. The molecule has 2 N–H and O–H groups in total. The summed E-state index contributed by atoms with van der Waals surface area (Å²) in [5.41, 5.74) is 1.60. The summed E-state index contributed by atoms with van der Waals surface area (Å²) < 4.78 is 33.2. The second-order valence-electron chi connectivity index (χ2n) is 10.2. The highest BCUT2D eigenvalue weighted by molar-refractivity contribution is 7.89. The Morgan fingerprint density at radius 2 is 1.87 bits per heavy atom. The third-order valence-electron chi connectivity index (χ3n) is 6.81. The number of amides is 2. The zero-order chi connectivity index (χ0) is 28.3. The Bertz CT molecular complexity index is 1470. The van der Waals surface area contributed by atoms with Gasteiger partial charge >= 0.3 is 0 Å². The Morgan fingerprint density at radius 1 is 1.13 bits per heavy atom. The van der Waals surface area contributed by atoms with Gasteiger partial charge in [0.25, 0.3) is 15.9 Å². The Labute approximate surface area is 227 Å². The van der Waals surface area contributed by atoms with Crippen molar-refractivity contribution < 1.29 is 27.2 Å². The van der Waals surface area contributed by atoms with E-state index in [9.17, 15) is 22.8 Å².